The lowest BCUT2D eigenvalue weighted by Gasteiger charge is -2.25. The predicted molar refractivity (Wildman–Crippen MR) is 97.3 cm³/mol. The van der Waals surface area contributed by atoms with Crippen LogP contribution in [-0.4, -0.2) is 45.8 Å². The van der Waals surface area contributed by atoms with E-state index in [9.17, 15) is 4.79 Å². The quantitative estimate of drug-likeness (QED) is 0.905. The van der Waals surface area contributed by atoms with E-state index in [-0.39, 0.29) is 12.1 Å². The lowest BCUT2D eigenvalue weighted by molar-refractivity contribution is 0.203. The number of carbonyl (C=O) groups is 1. The molecule has 0 aliphatic carbocycles. The second-order valence-electron chi connectivity index (χ2n) is 6.65. The molecule has 0 unspecified atom stereocenters. The van der Waals surface area contributed by atoms with Crippen LogP contribution >= 0.6 is 0 Å². The first-order chi connectivity index (χ1) is 12.1. The second kappa shape index (κ2) is 7.55. The van der Waals surface area contributed by atoms with E-state index in [2.05, 4.69) is 38.6 Å². The number of aromatic nitrogens is 3. The standard InChI is InChI=1S/C18H26N6O/c1-14(17-21-19-13-23(17)3)20-18(25)22(2)12-15-8-4-5-9-16(15)24-10-6-7-11-24/h4-5,8-9,13-14H,6-7,10-12H2,1-3H3,(H,20,25)/t14-/m0/s1. The number of para-hydroxylation sites is 1. The highest BCUT2D eigenvalue weighted by atomic mass is 16.2. The number of benzene rings is 1. The smallest absolute Gasteiger partial charge is 0.318 e. The van der Waals surface area contributed by atoms with Gasteiger partial charge in [0.15, 0.2) is 5.82 Å². The predicted octanol–water partition coefficient (Wildman–Crippen LogP) is 2.32. The number of carbonyl (C=O) groups excluding carboxylic acids is 1. The van der Waals surface area contributed by atoms with Gasteiger partial charge in [0.1, 0.15) is 6.33 Å². The molecule has 1 atom stereocenters. The van der Waals surface area contributed by atoms with Crippen molar-refractivity contribution in [1.29, 1.82) is 0 Å². The highest BCUT2D eigenvalue weighted by molar-refractivity contribution is 5.74. The maximum Gasteiger partial charge on any atom is 0.318 e. The fourth-order valence-electron chi connectivity index (χ4n) is 3.28. The van der Waals surface area contributed by atoms with Gasteiger partial charge in [0, 0.05) is 39.4 Å². The molecule has 0 radical (unpaired) electrons. The van der Waals surface area contributed by atoms with E-state index in [0.717, 1.165) is 18.9 Å². The Morgan fingerprint density at radius 3 is 2.72 bits per heavy atom. The molecular weight excluding hydrogens is 316 g/mol. The third-order valence-corrected chi connectivity index (χ3v) is 4.67. The lowest BCUT2D eigenvalue weighted by atomic mass is 10.1. The number of hydrogen-bond acceptors (Lipinski definition) is 4. The Balaban J connectivity index is 1.65. The summed E-state index contributed by atoms with van der Waals surface area (Å²) in [5, 5.41) is 10.9. The van der Waals surface area contributed by atoms with Gasteiger partial charge in [-0.2, -0.15) is 0 Å². The van der Waals surface area contributed by atoms with Gasteiger partial charge < -0.3 is 19.7 Å². The summed E-state index contributed by atoms with van der Waals surface area (Å²) in [6.45, 7) is 4.67. The van der Waals surface area contributed by atoms with Crippen LogP contribution in [0.1, 0.15) is 37.2 Å². The van der Waals surface area contributed by atoms with Crippen molar-refractivity contribution in [3.8, 4) is 0 Å². The van der Waals surface area contributed by atoms with Crippen molar-refractivity contribution in [2.75, 3.05) is 25.0 Å². The zero-order valence-electron chi connectivity index (χ0n) is 15.1. The molecule has 7 nitrogen and oxygen atoms in total. The molecule has 7 heteroatoms. The fraction of sp³-hybridized carbons (Fsp3) is 0.500. The summed E-state index contributed by atoms with van der Waals surface area (Å²) in [5.41, 5.74) is 2.41. The van der Waals surface area contributed by atoms with Gasteiger partial charge >= 0.3 is 6.03 Å². The van der Waals surface area contributed by atoms with Gasteiger partial charge in [-0.05, 0) is 31.4 Å². The highest BCUT2D eigenvalue weighted by Crippen LogP contribution is 2.25. The van der Waals surface area contributed by atoms with E-state index in [1.54, 1.807) is 11.2 Å². The van der Waals surface area contributed by atoms with Crippen molar-refractivity contribution in [2.24, 2.45) is 7.05 Å². The van der Waals surface area contributed by atoms with Crippen molar-refractivity contribution in [1.82, 2.24) is 25.0 Å². The Hall–Kier alpha value is -2.57. The summed E-state index contributed by atoms with van der Waals surface area (Å²) >= 11 is 0. The molecule has 25 heavy (non-hydrogen) atoms. The minimum Gasteiger partial charge on any atom is -0.371 e. The van der Waals surface area contributed by atoms with Gasteiger partial charge in [0.05, 0.1) is 6.04 Å². The monoisotopic (exact) mass is 342 g/mol. The van der Waals surface area contributed by atoms with E-state index in [1.165, 1.54) is 24.1 Å². The average Bonchev–Trinajstić information content (AvgIpc) is 3.26. The summed E-state index contributed by atoms with van der Waals surface area (Å²) in [6, 6.07) is 8.02. The summed E-state index contributed by atoms with van der Waals surface area (Å²) in [7, 11) is 3.69. The van der Waals surface area contributed by atoms with E-state index >= 15 is 0 Å². The van der Waals surface area contributed by atoms with Gasteiger partial charge in [-0.25, -0.2) is 4.79 Å². The molecular formula is C18H26N6O. The number of urea groups is 1. The van der Waals surface area contributed by atoms with E-state index in [0.29, 0.717) is 6.54 Å². The molecule has 1 aliphatic rings. The molecule has 1 aromatic heterocycles. The molecule has 2 amide bonds. The van der Waals surface area contributed by atoms with Crippen LogP contribution in [0.4, 0.5) is 10.5 Å². The maximum absolute atomic E-state index is 12.5. The van der Waals surface area contributed by atoms with Crippen molar-refractivity contribution in [2.45, 2.75) is 32.4 Å². The molecule has 1 saturated heterocycles. The molecule has 2 aromatic rings. The van der Waals surface area contributed by atoms with Crippen molar-refractivity contribution in [3.05, 3.63) is 42.0 Å². The number of aryl methyl sites for hydroxylation is 1. The summed E-state index contributed by atoms with van der Waals surface area (Å²) < 4.78 is 1.81. The summed E-state index contributed by atoms with van der Waals surface area (Å²) in [5.74, 6) is 0.735. The van der Waals surface area contributed by atoms with Crippen LogP contribution in [0.25, 0.3) is 0 Å². The van der Waals surface area contributed by atoms with Crippen LogP contribution in [0.5, 0.6) is 0 Å². The third-order valence-electron chi connectivity index (χ3n) is 4.67. The third kappa shape index (κ3) is 3.92. The Morgan fingerprint density at radius 1 is 1.32 bits per heavy atom. The Kier molecular flexibility index (Phi) is 5.21. The first-order valence-corrected chi connectivity index (χ1v) is 8.74. The molecule has 1 aromatic carbocycles. The minimum atomic E-state index is -0.198. The largest absolute Gasteiger partial charge is 0.371 e. The van der Waals surface area contributed by atoms with Gasteiger partial charge in [0.2, 0.25) is 0 Å². The first-order valence-electron chi connectivity index (χ1n) is 8.74. The molecule has 0 spiro atoms. The van der Waals surface area contributed by atoms with E-state index in [1.807, 2.05) is 31.7 Å². The molecule has 1 fully saturated rings. The average molecular weight is 342 g/mol. The topological polar surface area (TPSA) is 66.3 Å². The summed E-state index contributed by atoms with van der Waals surface area (Å²) in [4.78, 5) is 16.7. The molecule has 134 valence electrons. The number of nitrogens with one attached hydrogen (secondary N) is 1. The van der Waals surface area contributed by atoms with Crippen LogP contribution < -0.4 is 10.2 Å². The molecule has 1 N–H and O–H groups in total. The van der Waals surface area contributed by atoms with Crippen molar-refractivity contribution < 1.29 is 4.79 Å². The van der Waals surface area contributed by atoms with Crippen LogP contribution in [0.15, 0.2) is 30.6 Å². The number of nitrogens with zero attached hydrogens (tertiary/aromatic N) is 5. The van der Waals surface area contributed by atoms with Crippen LogP contribution in [0.3, 0.4) is 0 Å². The Labute approximate surface area is 148 Å². The first kappa shape index (κ1) is 17.3. The number of amides is 2. The number of anilines is 1. The van der Waals surface area contributed by atoms with Crippen LogP contribution in [0.2, 0.25) is 0 Å². The van der Waals surface area contributed by atoms with Gasteiger partial charge in [0.25, 0.3) is 0 Å². The van der Waals surface area contributed by atoms with E-state index in [4.69, 9.17) is 0 Å². The molecule has 0 saturated carbocycles. The summed E-state index contributed by atoms with van der Waals surface area (Å²) in [6.07, 6.45) is 4.10. The lowest BCUT2D eigenvalue weighted by Crippen LogP contribution is -2.39. The molecule has 3 rings (SSSR count). The number of rotatable bonds is 5. The van der Waals surface area contributed by atoms with Crippen LogP contribution in [0, 0.1) is 0 Å². The van der Waals surface area contributed by atoms with Gasteiger partial charge in [-0.15, -0.1) is 10.2 Å². The Bertz CT molecular complexity index is 722. The SMILES string of the molecule is C[C@H](NC(=O)N(C)Cc1ccccc1N1CCCC1)c1nncn1C. The normalized spacial score (nSPS) is 15.2. The zero-order chi connectivity index (χ0) is 17.8. The molecule has 0 bridgehead atoms. The van der Waals surface area contributed by atoms with Crippen LogP contribution in [-0.2, 0) is 13.6 Å². The second-order valence-corrected chi connectivity index (χ2v) is 6.65. The minimum absolute atomic E-state index is 0.119. The van der Waals surface area contributed by atoms with E-state index < -0.39 is 0 Å². The molecule has 2 heterocycles. The van der Waals surface area contributed by atoms with Crippen molar-refractivity contribution >= 4 is 11.7 Å². The highest BCUT2D eigenvalue weighted by Gasteiger charge is 2.20. The van der Waals surface area contributed by atoms with Gasteiger partial charge in [-0.3, -0.25) is 0 Å². The van der Waals surface area contributed by atoms with Crippen molar-refractivity contribution in [3.63, 3.8) is 0 Å². The van der Waals surface area contributed by atoms with Gasteiger partial charge in [-0.1, -0.05) is 18.2 Å². The Morgan fingerprint density at radius 2 is 2.04 bits per heavy atom. The zero-order valence-corrected chi connectivity index (χ0v) is 15.1. The fourth-order valence-corrected chi connectivity index (χ4v) is 3.28. The molecule has 1 aliphatic heterocycles. The maximum atomic E-state index is 12.5. The number of hydrogen-bond donors (Lipinski definition) is 1.